The zero-order valence-corrected chi connectivity index (χ0v) is 8.43. The minimum Gasteiger partial charge on any atom is -0.311 e. The Morgan fingerprint density at radius 2 is 2.21 bits per heavy atom. The average Bonchev–Trinajstić information content (AvgIpc) is 2.59. The second-order valence-electron chi connectivity index (χ2n) is 4.72. The highest BCUT2D eigenvalue weighted by atomic mass is 19.1. The number of halogens is 1. The van der Waals surface area contributed by atoms with E-state index in [-0.39, 0.29) is 5.92 Å². The van der Waals surface area contributed by atoms with Crippen LogP contribution >= 0.6 is 0 Å². The molecule has 0 amide bonds. The fourth-order valence-corrected chi connectivity index (χ4v) is 2.35. The van der Waals surface area contributed by atoms with Crippen molar-refractivity contribution in [2.45, 2.75) is 50.2 Å². The first-order valence-electron chi connectivity index (χ1n) is 5.54. The van der Waals surface area contributed by atoms with Gasteiger partial charge < -0.3 is 5.32 Å². The third-order valence-corrected chi connectivity index (χ3v) is 3.57. The van der Waals surface area contributed by atoms with Crippen LogP contribution in [0.15, 0.2) is 0 Å². The summed E-state index contributed by atoms with van der Waals surface area (Å²) in [5.74, 6) is 0.199. The molecule has 2 rings (SSSR count). The van der Waals surface area contributed by atoms with Gasteiger partial charge >= 0.3 is 0 Å². The number of nitriles is 1. The van der Waals surface area contributed by atoms with E-state index in [1.54, 1.807) is 0 Å². The van der Waals surface area contributed by atoms with E-state index in [0.717, 1.165) is 25.7 Å². The molecule has 0 saturated heterocycles. The maximum atomic E-state index is 13.6. The van der Waals surface area contributed by atoms with Crippen LogP contribution < -0.4 is 5.32 Å². The zero-order chi connectivity index (χ0) is 10.0. The van der Waals surface area contributed by atoms with E-state index >= 15 is 0 Å². The molecule has 2 atom stereocenters. The van der Waals surface area contributed by atoms with Crippen molar-refractivity contribution in [3.63, 3.8) is 0 Å². The number of hydrogen-bond donors (Lipinski definition) is 1. The highest BCUT2D eigenvalue weighted by molar-refractivity contribution is 4.95. The molecule has 2 aliphatic carbocycles. The van der Waals surface area contributed by atoms with E-state index in [9.17, 15) is 4.39 Å². The van der Waals surface area contributed by atoms with E-state index in [1.807, 2.05) is 0 Å². The SMILES string of the molecule is N#CC1CCC(NCC2(F)CCC2)C1. The molecule has 78 valence electrons. The molecule has 2 saturated carbocycles. The smallest absolute Gasteiger partial charge is 0.123 e. The summed E-state index contributed by atoms with van der Waals surface area (Å²) in [6.07, 6.45) is 5.39. The normalized spacial score (nSPS) is 34.9. The molecule has 0 aliphatic heterocycles. The third kappa shape index (κ3) is 2.06. The molecule has 2 unspecified atom stereocenters. The van der Waals surface area contributed by atoms with Crippen LogP contribution in [0.25, 0.3) is 0 Å². The molecule has 0 aromatic heterocycles. The van der Waals surface area contributed by atoms with Crippen LogP contribution in [0, 0.1) is 17.2 Å². The number of hydrogen-bond acceptors (Lipinski definition) is 2. The Bertz CT molecular complexity index is 242. The van der Waals surface area contributed by atoms with Crippen LogP contribution in [0.5, 0.6) is 0 Å². The largest absolute Gasteiger partial charge is 0.311 e. The van der Waals surface area contributed by atoms with Gasteiger partial charge in [-0.25, -0.2) is 4.39 Å². The summed E-state index contributed by atoms with van der Waals surface area (Å²) < 4.78 is 13.6. The lowest BCUT2D eigenvalue weighted by molar-refractivity contribution is 0.0601. The zero-order valence-electron chi connectivity index (χ0n) is 8.43. The summed E-state index contributed by atoms with van der Waals surface area (Å²) >= 11 is 0. The van der Waals surface area contributed by atoms with E-state index in [2.05, 4.69) is 11.4 Å². The molecule has 2 nitrogen and oxygen atoms in total. The minimum absolute atomic E-state index is 0.199. The molecular weight excluding hydrogens is 179 g/mol. The highest BCUT2D eigenvalue weighted by Crippen LogP contribution is 2.35. The summed E-state index contributed by atoms with van der Waals surface area (Å²) in [5.41, 5.74) is -0.926. The summed E-state index contributed by atoms with van der Waals surface area (Å²) in [6, 6.07) is 2.67. The molecule has 0 aromatic carbocycles. The first-order valence-corrected chi connectivity index (χ1v) is 5.54. The summed E-state index contributed by atoms with van der Waals surface area (Å²) in [5, 5.41) is 12.0. The highest BCUT2D eigenvalue weighted by Gasteiger charge is 2.37. The van der Waals surface area contributed by atoms with Crippen molar-refractivity contribution in [1.29, 1.82) is 5.26 Å². The van der Waals surface area contributed by atoms with E-state index < -0.39 is 5.67 Å². The number of rotatable bonds is 3. The first-order chi connectivity index (χ1) is 6.72. The van der Waals surface area contributed by atoms with Gasteiger partial charge in [-0.05, 0) is 38.5 Å². The minimum atomic E-state index is -0.926. The molecule has 0 bridgehead atoms. The molecule has 0 spiro atoms. The Morgan fingerprint density at radius 1 is 1.43 bits per heavy atom. The predicted octanol–water partition coefficient (Wildman–Crippen LogP) is 2.16. The van der Waals surface area contributed by atoms with Gasteiger partial charge in [0, 0.05) is 18.5 Å². The van der Waals surface area contributed by atoms with Crippen LogP contribution in [0.4, 0.5) is 4.39 Å². The second-order valence-corrected chi connectivity index (χ2v) is 4.72. The van der Waals surface area contributed by atoms with Crippen molar-refractivity contribution in [1.82, 2.24) is 5.32 Å². The molecule has 0 radical (unpaired) electrons. The van der Waals surface area contributed by atoms with Crippen LogP contribution in [-0.4, -0.2) is 18.3 Å². The average molecular weight is 196 g/mol. The third-order valence-electron chi connectivity index (χ3n) is 3.57. The Kier molecular flexibility index (Phi) is 2.73. The fourth-order valence-electron chi connectivity index (χ4n) is 2.35. The Hall–Kier alpha value is -0.620. The van der Waals surface area contributed by atoms with E-state index in [1.165, 1.54) is 0 Å². The van der Waals surface area contributed by atoms with Gasteiger partial charge in [-0.3, -0.25) is 0 Å². The Labute approximate surface area is 84.5 Å². The van der Waals surface area contributed by atoms with Crippen LogP contribution in [-0.2, 0) is 0 Å². The lowest BCUT2D eigenvalue weighted by Gasteiger charge is -2.34. The molecule has 3 heteroatoms. The molecule has 1 N–H and O–H groups in total. The molecular formula is C11H17FN2. The Balaban J connectivity index is 1.69. The molecule has 0 heterocycles. The first kappa shape index (κ1) is 9.92. The topological polar surface area (TPSA) is 35.8 Å². The monoisotopic (exact) mass is 196 g/mol. The number of nitrogens with zero attached hydrogens (tertiary/aromatic N) is 1. The van der Waals surface area contributed by atoms with Crippen LogP contribution in [0.3, 0.4) is 0 Å². The lowest BCUT2D eigenvalue weighted by Crippen LogP contribution is -2.45. The maximum absolute atomic E-state index is 13.6. The molecule has 2 aliphatic rings. The fraction of sp³-hybridized carbons (Fsp3) is 0.909. The quantitative estimate of drug-likeness (QED) is 0.750. The van der Waals surface area contributed by atoms with Gasteiger partial charge in [-0.15, -0.1) is 0 Å². The molecule has 14 heavy (non-hydrogen) atoms. The summed E-state index contributed by atoms with van der Waals surface area (Å²) in [6.45, 7) is 0.496. The predicted molar refractivity (Wildman–Crippen MR) is 52.4 cm³/mol. The van der Waals surface area contributed by atoms with Gasteiger partial charge in [0.1, 0.15) is 5.67 Å². The number of alkyl halides is 1. The van der Waals surface area contributed by atoms with Gasteiger partial charge in [0.15, 0.2) is 0 Å². The Morgan fingerprint density at radius 3 is 2.71 bits per heavy atom. The van der Waals surface area contributed by atoms with Gasteiger partial charge in [0.2, 0.25) is 0 Å². The molecule has 0 aromatic rings. The summed E-state index contributed by atoms with van der Waals surface area (Å²) in [4.78, 5) is 0. The van der Waals surface area contributed by atoms with Crippen LogP contribution in [0.1, 0.15) is 38.5 Å². The van der Waals surface area contributed by atoms with Gasteiger partial charge in [0.25, 0.3) is 0 Å². The van der Waals surface area contributed by atoms with Crippen LogP contribution in [0.2, 0.25) is 0 Å². The van der Waals surface area contributed by atoms with Crippen molar-refractivity contribution in [3.05, 3.63) is 0 Å². The lowest BCUT2D eigenvalue weighted by atomic mass is 9.82. The van der Waals surface area contributed by atoms with Crippen molar-refractivity contribution in [2.75, 3.05) is 6.54 Å². The van der Waals surface area contributed by atoms with Crippen molar-refractivity contribution < 1.29 is 4.39 Å². The standard InChI is InChI=1S/C11H17FN2/c12-11(4-1-5-11)8-14-10-3-2-9(6-10)7-13/h9-10,14H,1-6,8H2. The van der Waals surface area contributed by atoms with Crippen molar-refractivity contribution in [2.24, 2.45) is 5.92 Å². The van der Waals surface area contributed by atoms with Gasteiger partial charge in [-0.1, -0.05) is 0 Å². The van der Waals surface area contributed by atoms with Crippen molar-refractivity contribution >= 4 is 0 Å². The number of nitrogens with one attached hydrogen (secondary N) is 1. The van der Waals surface area contributed by atoms with E-state index in [0.29, 0.717) is 25.4 Å². The molecule has 2 fully saturated rings. The van der Waals surface area contributed by atoms with Gasteiger partial charge in [-0.2, -0.15) is 5.26 Å². The maximum Gasteiger partial charge on any atom is 0.123 e. The summed E-state index contributed by atoms with van der Waals surface area (Å²) in [7, 11) is 0. The second kappa shape index (κ2) is 3.86. The van der Waals surface area contributed by atoms with E-state index in [4.69, 9.17) is 5.26 Å². The van der Waals surface area contributed by atoms with Crippen molar-refractivity contribution in [3.8, 4) is 6.07 Å². The van der Waals surface area contributed by atoms with Gasteiger partial charge in [0.05, 0.1) is 6.07 Å².